The predicted octanol–water partition coefficient (Wildman–Crippen LogP) is 2.58. The first kappa shape index (κ1) is 16.0. The van der Waals surface area contributed by atoms with Gasteiger partial charge in [0.25, 0.3) is 0 Å². The van der Waals surface area contributed by atoms with Crippen LogP contribution >= 0.6 is 0 Å². The molecular formula is C18H22O5. The molecule has 23 heavy (non-hydrogen) atoms. The summed E-state index contributed by atoms with van der Waals surface area (Å²) in [6, 6.07) is 7.92. The number of ether oxygens (including phenoxy) is 3. The van der Waals surface area contributed by atoms with Gasteiger partial charge in [0.1, 0.15) is 0 Å². The van der Waals surface area contributed by atoms with Crippen LogP contribution in [-0.4, -0.2) is 31.8 Å². The minimum atomic E-state index is -1.35. The normalized spacial score (nSPS) is 28.1. The highest BCUT2D eigenvalue weighted by atomic mass is 16.6. The van der Waals surface area contributed by atoms with E-state index in [0.717, 1.165) is 24.0 Å². The summed E-state index contributed by atoms with van der Waals surface area (Å²) in [5.74, 6) is -1.07. The fourth-order valence-corrected chi connectivity index (χ4v) is 3.56. The van der Waals surface area contributed by atoms with Crippen molar-refractivity contribution in [2.45, 2.75) is 44.8 Å². The standard InChI is InChI=1S/C18H22O5/c1-3-4-9-22-17(20)18(16(19)21-2)11-14-13-8-6-5-7-12(13)10-15(18)23-14/h5-8,14-15H,3-4,9-11H2,1-2H3. The molecule has 0 spiro atoms. The van der Waals surface area contributed by atoms with Gasteiger partial charge >= 0.3 is 11.9 Å². The van der Waals surface area contributed by atoms with Crippen LogP contribution < -0.4 is 0 Å². The SMILES string of the molecule is CCCCOC(=O)C1(C(=O)OC)CC2OC1Cc1ccccc12. The van der Waals surface area contributed by atoms with E-state index in [9.17, 15) is 9.59 Å². The highest BCUT2D eigenvalue weighted by Crippen LogP contribution is 2.52. The molecule has 2 heterocycles. The molecule has 0 aliphatic carbocycles. The predicted molar refractivity (Wildman–Crippen MR) is 82.7 cm³/mol. The van der Waals surface area contributed by atoms with Crippen molar-refractivity contribution >= 4 is 11.9 Å². The van der Waals surface area contributed by atoms with E-state index in [1.54, 1.807) is 0 Å². The third-order valence-corrected chi connectivity index (χ3v) is 4.84. The lowest BCUT2D eigenvalue weighted by molar-refractivity contribution is -0.175. The van der Waals surface area contributed by atoms with Crippen LogP contribution in [0.15, 0.2) is 24.3 Å². The van der Waals surface area contributed by atoms with Gasteiger partial charge in [-0.25, -0.2) is 0 Å². The number of carbonyl (C=O) groups excluding carboxylic acids is 2. The molecule has 2 aliphatic rings. The first-order chi connectivity index (χ1) is 11.1. The average Bonchev–Trinajstić information content (AvgIpc) is 2.89. The molecule has 0 radical (unpaired) electrons. The Balaban J connectivity index is 1.91. The fourth-order valence-electron chi connectivity index (χ4n) is 3.56. The van der Waals surface area contributed by atoms with Crippen molar-refractivity contribution in [3.8, 4) is 0 Å². The van der Waals surface area contributed by atoms with Crippen LogP contribution in [0.5, 0.6) is 0 Å². The van der Waals surface area contributed by atoms with Crippen LogP contribution in [0.4, 0.5) is 0 Å². The molecule has 1 aromatic carbocycles. The van der Waals surface area contributed by atoms with Crippen molar-refractivity contribution < 1.29 is 23.8 Å². The van der Waals surface area contributed by atoms with Gasteiger partial charge in [0, 0.05) is 12.8 Å². The molecule has 2 bridgehead atoms. The summed E-state index contributed by atoms with van der Waals surface area (Å²) in [6.45, 7) is 2.34. The van der Waals surface area contributed by atoms with Crippen molar-refractivity contribution in [2.24, 2.45) is 5.41 Å². The lowest BCUT2D eigenvalue weighted by atomic mass is 9.79. The topological polar surface area (TPSA) is 61.8 Å². The van der Waals surface area contributed by atoms with Crippen molar-refractivity contribution in [3.05, 3.63) is 35.4 Å². The zero-order chi connectivity index (χ0) is 16.4. The average molecular weight is 318 g/mol. The van der Waals surface area contributed by atoms with Gasteiger partial charge in [-0.05, 0) is 17.5 Å². The van der Waals surface area contributed by atoms with E-state index in [4.69, 9.17) is 14.2 Å². The van der Waals surface area contributed by atoms with Gasteiger partial charge in [0.15, 0.2) is 5.41 Å². The second-order valence-electron chi connectivity index (χ2n) is 6.17. The highest BCUT2D eigenvalue weighted by Gasteiger charge is 2.63. The van der Waals surface area contributed by atoms with E-state index in [1.807, 2.05) is 31.2 Å². The van der Waals surface area contributed by atoms with Crippen LogP contribution in [0.2, 0.25) is 0 Å². The Kier molecular flexibility index (Phi) is 4.39. The number of hydrogen-bond donors (Lipinski definition) is 0. The summed E-state index contributed by atoms with van der Waals surface area (Å²) in [5.41, 5.74) is 0.823. The van der Waals surface area contributed by atoms with Crippen LogP contribution in [-0.2, 0) is 30.2 Å². The van der Waals surface area contributed by atoms with Crippen LogP contribution in [0.25, 0.3) is 0 Å². The van der Waals surface area contributed by atoms with Gasteiger partial charge in [-0.2, -0.15) is 0 Å². The summed E-state index contributed by atoms with van der Waals surface area (Å²) < 4.78 is 16.3. The Hall–Kier alpha value is -1.88. The number of esters is 2. The Labute approximate surface area is 135 Å². The van der Waals surface area contributed by atoms with E-state index in [1.165, 1.54) is 7.11 Å². The van der Waals surface area contributed by atoms with Crippen LogP contribution in [0.1, 0.15) is 43.4 Å². The Morgan fingerprint density at radius 1 is 1.30 bits per heavy atom. The number of carbonyl (C=O) groups is 2. The largest absolute Gasteiger partial charge is 0.468 e. The minimum absolute atomic E-state index is 0.261. The maximum atomic E-state index is 12.7. The molecule has 5 nitrogen and oxygen atoms in total. The third-order valence-electron chi connectivity index (χ3n) is 4.84. The maximum absolute atomic E-state index is 12.7. The highest BCUT2D eigenvalue weighted by molar-refractivity contribution is 6.01. The van der Waals surface area contributed by atoms with Gasteiger partial charge < -0.3 is 14.2 Å². The molecule has 1 saturated heterocycles. The van der Waals surface area contributed by atoms with E-state index in [-0.39, 0.29) is 12.5 Å². The van der Waals surface area contributed by atoms with Crippen molar-refractivity contribution in [1.29, 1.82) is 0 Å². The first-order valence-corrected chi connectivity index (χ1v) is 8.12. The summed E-state index contributed by atoms with van der Waals surface area (Å²) in [5, 5.41) is 0. The van der Waals surface area contributed by atoms with Gasteiger partial charge in [0.2, 0.25) is 0 Å². The van der Waals surface area contributed by atoms with E-state index < -0.39 is 23.5 Å². The second-order valence-corrected chi connectivity index (χ2v) is 6.17. The molecule has 3 rings (SSSR count). The van der Waals surface area contributed by atoms with Gasteiger partial charge in [0.05, 0.1) is 25.9 Å². The van der Waals surface area contributed by atoms with Gasteiger partial charge in [-0.1, -0.05) is 37.6 Å². The fraction of sp³-hybridized carbons (Fsp3) is 0.556. The Morgan fingerprint density at radius 2 is 2.09 bits per heavy atom. The van der Waals surface area contributed by atoms with Crippen molar-refractivity contribution in [3.63, 3.8) is 0 Å². The molecular weight excluding hydrogens is 296 g/mol. The number of fused-ring (bicyclic) bond motifs is 4. The molecule has 3 unspecified atom stereocenters. The maximum Gasteiger partial charge on any atom is 0.326 e. The Bertz CT molecular complexity index is 611. The number of hydrogen-bond acceptors (Lipinski definition) is 5. The minimum Gasteiger partial charge on any atom is -0.468 e. The van der Waals surface area contributed by atoms with E-state index >= 15 is 0 Å². The smallest absolute Gasteiger partial charge is 0.326 e. The first-order valence-electron chi connectivity index (χ1n) is 8.12. The van der Waals surface area contributed by atoms with Gasteiger partial charge in [-0.15, -0.1) is 0 Å². The Morgan fingerprint density at radius 3 is 2.83 bits per heavy atom. The summed E-state index contributed by atoms with van der Waals surface area (Å²) in [4.78, 5) is 25.2. The van der Waals surface area contributed by atoms with E-state index in [0.29, 0.717) is 13.0 Å². The van der Waals surface area contributed by atoms with Crippen LogP contribution in [0, 0.1) is 5.41 Å². The molecule has 0 N–H and O–H groups in total. The number of methoxy groups -OCH3 is 1. The zero-order valence-corrected chi connectivity index (χ0v) is 13.5. The molecule has 0 amide bonds. The van der Waals surface area contributed by atoms with Gasteiger partial charge in [-0.3, -0.25) is 9.59 Å². The molecule has 2 aliphatic heterocycles. The summed E-state index contributed by atoms with van der Waals surface area (Å²) in [7, 11) is 1.30. The third kappa shape index (κ3) is 2.53. The molecule has 5 heteroatoms. The van der Waals surface area contributed by atoms with Crippen molar-refractivity contribution in [1.82, 2.24) is 0 Å². The number of unbranched alkanes of at least 4 members (excludes halogenated alkanes) is 1. The lowest BCUT2D eigenvalue weighted by Crippen LogP contribution is -2.48. The molecule has 124 valence electrons. The monoisotopic (exact) mass is 318 g/mol. The summed E-state index contributed by atoms with van der Waals surface area (Å²) >= 11 is 0. The zero-order valence-electron chi connectivity index (χ0n) is 13.5. The lowest BCUT2D eigenvalue weighted by Gasteiger charge is -2.30. The molecule has 3 atom stereocenters. The molecule has 0 saturated carbocycles. The van der Waals surface area contributed by atoms with Crippen molar-refractivity contribution in [2.75, 3.05) is 13.7 Å². The van der Waals surface area contributed by atoms with E-state index in [2.05, 4.69) is 0 Å². The number of benzene rings is 1. The summed E-state index contributed by atoms with van der Waals surface area (Å²) in [6.07, 6.45) is 1.72. The number of rotatable bonds is 5. The second kappa shape index (κ2) is 6.32. The molecule has 1 aromatic rings. The molecule has 1 fully saturated rings. The quantitative estimate of drug-likeness (QED) is 0.474. The molecule has 0 aromatic heterocycles. The van der Waals surface area contributed by atoms with Crippen LogP contribution in [0.3, 0.4) is 0 Å².